The van der Waals surface area contributed by atoms with Gasteiger partial charge in [0.25, 0.3) is 0 Å². The number of methoxy groups -OCH3 is 2. The van der Waals surface area contributed by atoms with Gasteiger partial charge in [-0.3, -0.25) is 19.4 Å². The number of likely N-dealkylation sites (N-methyl/N-ethyl adjacent to an activating group) is 1. The van der Waals surface area contributed by atoms with Gasteiger partial charge in [0.2, 0.25) is 0 Å². The molecule has 0 saturated carbocycles. The van der Waals surface area contributed by atoms with Crippen LogP contribution in [0.5, 0.6) is 0 Å². The van der Waals surface area contributed by atoms with Crippen LogP contribution in [0.15, 0.2) is 48.5 Å². The molecule has 2 unspecified atom stereocenters. The lowest BCUT2D eigenvalue weighted by molar-refractivity contribution is -0.179. The minimum atomic E-state index is -0.240. The molecule has 0 amide bonds. The van der Waals surface area contributed by atoms with E-state index >= 15 is 0 Å². The lowest BCUT2D eigenvalue weighted by atomic mass is 9.91. The van der Waals surface area contributed by atoms with Gasteiger partial charge in [-0.1, -0.05) is 59.7 Å². The van der Waals surface area contributed by atoms with Gasteiger partial charge in [0.05, 0.1) is 32.2 Å². The van der Waals surface area contributed by atoms with Gasteiger partial charge in [0, 0.05) is 6.04 Å². The van der Waals surface area contributed by atoms with E-state index < -0.39 is 0 Å². The first-order valence-corrected chi connectivity index (χ1v) is 13.9. The number of benzene rings is 2. The average molecular weight is 574 g/mol. The van der Waals surface area contributed by atoms with E-state index in [1.807, 2.05) is 126 Å². The highest BCUT2D eigenvalue weighted by atomic mass is 16.5. The van der Waals surface area contributed by atoms with Gasteiger partial charge in [-0.05, 0) is 95.0 Å². The Labute approximate surface area is 249 Å². The molecule has 0 aromatic heterocycles. The van der Waals surface area contributed by atoms with Crippen LogP contribution in [0, 0.1) is 13.8 Å². The maximum absolute atomic E-state index is 11.9. The SMILES string of the molecule is CN(C)C(OC(C)(C)C)N(C)C.COC(=O)C(c1ccc(C)cc1)C(C)N(C)C.COC(=O)Cc1ccc(C)cc1. The van der Waals surface area contributed by atoms with Crippen LogP contribution in [0.2, 0.25) is 0 Å². The van der Waals surface area contributed by atoms with E-state index in [0.29, 0.717) is 6.42 Å². The quantitative estimate of drug-likeness (QED) is 0.302. The maximum Gasteiger partial charge on any atom is 0.314 e. The molecule has 0 aliphatic heterocycles. The molecule has 0 N–H and O–H groups in total. The van der Waals surface area contributed by atoms with Gasteiger partial charge in [-0.15, -0.1) is 0 Å². The minimum Gasteiger partial charge on any atom is -0.469 e. The Balaban J connectivity index is 0.000000601. The van der Waals surface area contributed by atoms with Gasteiger partial charge >= 0.3 is 11.9 Å². The smallest absolute Gasteiger partial charge is 0.314 e. The Hall–Kier alpha value is -2.78. The van der Waals surface area contributed by atoms with E-state index in [1.165, 1.54) is 25.3 Å². The van der Waals surface area contributed by atoms with Crippen molar-refractivity contribution in [2.75, 3.05) is 56.5 Å². The van der Waals surface area contributed by atoms with Crippen molar-refractivity contribution in [3.63, 3.8) is 0 Å². The third-order valence-corrected chi connectivity index (χ3v) is 6.23. The summed E-state index contributed by atoms with van der Waals surface area (Å²) in [4.78, 5) is 28.9. The molecule has 0 aliphatic rings. The number of carbonyl (C=O) groups excluding carboxylic acids is 2. The maximum atomic E-state index is 11.9. The highest BCUT2D eigenvalue weighted by molar-refractivity contribution is 5.79. The molecule has 0 fully saturated rings. The van der Waals surface area contributed by atoms with E-state index in [9.17, 15) is 9.59 Å². The van der Waals surface area contributed by atoms with Gasteiger partial charge in [-0.2, -0.15) is 0 Å². The van der Waals surface area contributed by atoms with E-state index in [4.69, 9.17) is 9.47 Å². The molecular formula is C33H55N3O5. The Morgan fingerprint density at radius 3 is 1.49 bits per heavy atom. The van der Waals surface area contributed by atoms with Crippen LogP contribution < -0.4 is 0 Å². The van der Waals surface area contributed by atoms with Crippen molar-refractivity contribution in [2.45, 2.75) is 71.9 Å². The summed E-state index contributed by atoms with van der Waals surface area (Å²) in [6, 6.07) is 16.0. The second kappa shape index (κ2) is 18.6. The number of carbonyl (C=O) groups is 2. The first kappa shape index (κ1) is 38.2. The molecule has 8 heteroatoms. The van der Waals surface area contributed by atoms with Crippen molar-refractivity contribution >= 4 is 11.9 Å². The van der Waals surface area contributed by atoms with Crippen molar-refractivity contribution in [1.82, 2.24) is 14.7 Å². The second-order valence-electron chi connectivity index (χ2n) is 11.8. The molecule has 8 nitrogen and oxygen atoms in total. The zero-order valence-corrected chi connectivity index (χ0v) is 27.9. The normalized spacial score (nSPS) is 12.7. The summed E-state index contributed by atoms with van der Waals surface area (Å²) >= 11 is 0. The van der Waals surface area contributed by atoms with Crippen molar-refractivity contribution in [3.05, 3.63) is 70.8 Å². The van der Waals surface area contributed by atoms with Crippen molar-refractivity contribution in [1.29, 1.82) is 0 Å². The first-order valence-electron chi connectivity index (χ1n) is 13.9. The van der Waals surface area contributed by atoms with E-state index in [2.05, 4.69) is 25.5 Å². The lowest BCUT2D eigenvalue weighted by Crippen LogP contribution is -2.46. The summed E-state index contributed by atoms with van der Waals surface area (Å²) in [6.07, 6.45) is 0.404. The summed E-state index contributed by atoms with van der Waals surface area (Å²) < 4.78 is 15.3. The number of hydrogen-bond donors (Lipinski definition) is 0. The van der Waals surface area contributed by atoms with Gasteiger partial charge < -0.3 is 19.1 Å². The molecule has 2 atom stereocenters. The standard InChI is InChI=1S/C14H21NO2.C10H12O2.C9H22N2O/c1-10-6-8-12(9-7-10)13(14(16)17-5)11(2)15(3)4;1-8-3-5-9(6-4-8)7-10(11)12-2;1-9(2,3)12-8(10(4)5)11(6)7/h6-9,11,13H,1-5H3;3-6H,7H2,1-2H3;8H,1-7H3. The molecule has 0 radical (unpaired) electrons. The second-order valence-corrected chi connectivity index (χ2v) is 11.8. The van der Waals surface area contributed by atoms with Crippen LogP contribution in [-0.4, -0.2) is 101 Å². The summed E-state index contributed by atoms with van der Waals surface area (Å²) in [7, 11) is 14.8. The zero-order valence-electron chi connectivity index (χ0n) is 27.9. The number of esters is 2. The van der Waals surface area contributed by atoms with Crippen molar-refractivity contribution in [3.8, 4) is 0 Å². The largest absolute Gasteiger partial charge is 0.469 e. The fraction of sp³-hybridized carbons (Fsp3) is 0.576. The Morgan fingerprint density at radius 1 is 0.732 bits per heavy atom. The fourth-order valence-electron chi connectivity index (χ4n) is 3.74. The summed E-state index contributed by atoms with van der Waals surface area (Å²) in [5.74, 6) is -0.621. The monoisotopic (exact) mass is 573 g/mol. The molecule has 0 bridgehead atoms. The van der Waals surface area contributed by atoms with Crippen LogP contribution in [0.25, 0.3) is 0 Å². The van der Waals surface area contributed by atoms with Crippen molar-refractivity contribution in [2.24, 2.45) is 0 Å². The summed E-state index contributed by atoms with van der Waals surface area (Å²) in [5.41, 5.74) is 4.29. The van der Waals surface area contributed by atoms with Gasteiger partial charge in [0.15, 0.2) is 6.35 Å². The zero-order chi connectivity index (χ0) is 31.9. The number of rotatable bonds is 9. The third-order valence-electron chi connectivity index (χ3n) is 6.23. The first-order chi connectivity index (χ1) is 18.9. The van der Waals surface area contributed by atoms with Crippen LogP contribution in [0.4, 0.5) is 0 Å². The van der Waals surface area contributed by atoms with E-state index in [0.717, 1.165) is 11.1 Å². The molecule has 41 heavy (non-hydrogen) atoms. The van der Waals surface area contributed by atoms with E-state index in [-0.39, 0.29) is 35.9 Å². The van der Waals surface area contributed by atoms with Gasteiger partial charge in [0.1, 0.15) is 0 Å². The van der Waals surface area contributed by atoms with Crippen LogP contribution >= 0.6 is 0 Å². The Bertz CT molecular complexity index is 1000. The molecule has 232 valence electrons. The topological polar surface area (TPSA) is 71.6 Å². The molecule has 0 heterocycles. The summed E-state index contributed by atoms with van der Waals surface area (Å²) in [6.45, 7) is 12.3. The van der Waals surface area contributed by atoms with Crippen LogP contribution in [0.3, 0.4) is 0 Å². The number of aryl methyl sites for hydroxylation is 2. The average Bonchev–Trinajstić information content (AvgIpc) is 2.89. The number of ether oxygens (including phenoxy) is 3. The predicted octanol–water partition coefficient (Wildman–Crippen LogP) is 5.12. The fourth-order valence-corrected chi connectivity index (χ4v) is 3.74. The van der Waals surface area contributed by atoms with Crippen LogP contribution in [0.1, 0.15) is 55.9 Å². The minimum absolute atomic E-state index is 0.0463. The molecular weight excluding hydrogens is 518 g/mol. The van der Waals surface area contributed by atoms with Gasteiger partial charge in [-0.25, -0.2) is 0 Å². The molecule has 2 aromatic rings. The Morgan fingerprint density at radius 2 is 1.17 bits per heavy atom. The molecule has 0 spiro atoms. The van der Waals surface area contributed by atoms with E-state index in [1.54, 1.807) is 0 Å². The van der Waals surface area contributed by atoms with Crippen molar-refractivity contribution < 1.29 is 23.8 Å². The lowest BCUT2D eigenvalue weighted by Gasteiger charge is -2.35. The highest BCUT2D eigenvalue weighted by Gasteiger charge is 2.29. The molecule has 0 saturated heterocycles. The van der Waals surface area contributed by atoms with Crippen LogP contribution in [-0.2, 0) is 30.2 Å². The number of nitrogens with zero attached hydrogens (tertiary/aromatic N) is 3. The third kappa shape index (κ3) is 15.7. The molecule has 2 aromatic carbocycles. The summed E-state index contributed by atoms with van der Waals surface area (Å²) in [5, 5.41) is 0. The predicted molar refractivity (Wildman–Crippen MR) is 168 cm³/mol. The molecule has 2 rings (SSSR count). The highest BCUT2D eigenvalue weighted by Crippen LogP contribution is 2.24. The molecule has 0 aliphatic carbocycles. The number of hydrogen-bond acceptors (Lipinski definition) is 8. The Kier molecular flexibility index (Phi) is 17.4.